The smallest absolute Gasteiger partial charge is 0.238 e. The summed E-state index contributed by atoms with van der Waals surface area (Å²) >= 11 is 0. The first-order chi connectivity index (χ1) is 29.0. The molecule has 0 fully saturated rings. The number of para-hydroxylation sites is 1. The molecule has 0 radical (unpaired) electrons. The predicted molar refractivity (Wildman–Crippen MR) is 240 cm³/mol. The normalized spacial score (nSPS) is 12.9. The van der Waals surface area contributed by atoms with Gasteiger partial charge in [0.1, 0.15) is 0 Å². The summed E-state index contributed by atoms with van der Waals surface area (Å²) in [5.74, 6) is 1.77. The number of nitrogens with zero attached hydrogens (tertiary/aromatic N) is 5. The first-order valence-electron chi connectivity index (χ1n) is 20.0. The van der Waals surface area contributed by atoms with E-state index in [0.717, 1.165) is 60.6 Å². The van der Waals surface area contributed by atoms with Crippen LogP contribution in [-0.2, 0) is 5.41 Å². The van der Waals surface area contributed by atoms with Crippen molar-refractivity contribution in [2.75, 3.05) is 0 Å². The second-order valence-corrected chi connectivity index (χ2v) is 15.9. The first kappa shape index (κ1) is 33.3. The van der Waals surface area contributed by atoms with E-state index in [9.17, 15) is 0 Å². The number of aromatic nitrogens is 5. The first-order valence-corrected chi connectivity index (χ1v) is 20.0. The van der Waals surface area contributed by atoms with Crippen LogP contribution in [0.5, 0.6) is 0 Å². The van der Waals surface area contributed by atoms with Crippen molar-refractivity contribution < 1.29 is 0 Å². The molecule has 8 aromatic carbocycles. The second kappa shape index (κ2) is 12.6. The summed E-state index contributed by atoms with van der Waals surface area (Å²) in [5.41, 5.74) is 14.4. The van der Waals surface area contributed by atoms with E-state index in [1.54, 1.807) is 0 Å². The number of hydrogen-bond donors (Lipinski definition) is 0. The van der Waals surface area contributed by atoms with Gasteiger partial charge in [-0.25, -0.2) is 4.98 Å². The molecule has 1 aliphatic rings. The quantitative estimate of drug-likeness (QED) is 0.176. The summed E-state index contributed by atoms with van der Waals surface area (Å²) < 4.78 is 4.62. The highest BCUT2D eigenvalue weighted by Crippen LogP contribution is 2.49. The number of rotatable bonds is 5. The van der Waals surface area contributed by atoms with Crippen molar-refractivity contribution in [2.24, 2.45) is 0 Å². The van der Waals surface area contributed by atoms with E-state index in [-0.39, 0.29) is 5.41 Å². The van der Waals surface area contributed by atoms with Crippen molar-refractivity contribution >= 4 is 43.6 Å². The Hall–Kier alpha value is -7.81. The fraction of sp³-hybridized carbons (Fsp3) is 0.0556. The molecule has 0 saturated carbocycles. The van der Waals surface area contributed by atoms with Gasteiger partial charge in [0.15, 0.2) is 11.6 Å². The van der Waals surface area contributed by atoms with E-state index in [4.69, 9.17) is 15.0 Å². The summed E-state index contributed by atoms with van der Waals surface area (Å²) in [6.45, 7) is 4.61. The molecular formula is C54H35N5. The Labute approximate surface area is 341 Å². The molecule has 0 aliphatic heterocycles. The average molecular weight is 754 g/mol. The van der Waals surface area contributed by atoms with Crippen LogP contribution in [0.1, 0.15) is 25.0 Å². The van der Waals surface area contributed by atoms with Crippen LogP contribution in [0.2, 0.25) is 0 Å². The van der Waals surface area contributed by atoms with Crippen LogP contribution in [0.25, 0.3) is 100 Å². The summed E-state index contributed by atoms with van der Waals surface area (Å²) in [6, 6.07) is 68.9. The Morgan fingerprint density at radius 3 is 1.98 bits per heavy atom. The van der Waals surface area contributed by atoms with E-state index in [2.05, 4.69) is 187 Å². The second-order valence-electron chi connectivity index (χ2n) is 15.9. The molecule has 0 unspecified atom stereocenters. The van der Waals surface area contributed by atoms with Crippen LogP contribution < -0.4 is 0 Å². The largest absolute Gasteiger partial charge is 0.307 e. The highest BCUT2D eigenvalue weighted by Gasteiger charge is 2.35. The van der Waals surface area contributed by atoms with E-state index in [1.807, 2.05) is 24.3 Å². The lowest BCUT2D eigenvalue weighted by Gasteiger charge is -2.21. The molecule has 0 spiro atoms. The third-order valence-electron chi connectivity index (χ3n) is 12.2. The van der Waals surface area contributed by atoms with Gasteiger partial charge in [-0.2, -0.15) is 9.97 Å². The number of benzene rings is 7. The van der Waals surface area contributed by atoms with Crippen molar-refractivity contribution in [3.8, 4) is 56.7 Å². The van der Waals surface area contributed by atoms with Gasteiger partial charge in [0.05, 0.1) is 27.5 Å². The zero-order valence-electron chi connectivity index (χ0n) is 32.5. The molecule has 0 bridgehead atoms. The van der Waals surface area contributed by atoms with E-state index < -0.39 is 0 Å². The molecule has 3 aromatic heterocycles. The van der Waals surface area contributed by atoms with Gasteiger partial charge in [0, 0.05) is 38.4 Å². The average Bonchev–Trinajstić information content (AvgIpc) is 3.90. The monoisotopic (exact) mass is 753 g/mol. The Kier molecular flexibility index (Phi) is 7.12. The fourth-order valence-electron chi connectivity index (χ4n) is 9.45. The molecule has 3 heterocycles. The lowest BCUT2D eigenvalue weighted by atomic mass is 9.82. The molecule has 12 rings (SSSR count). The van der Waals surface area contributed by atoms with Gasteiger partial charge >= 0.3 is 0 Å². The standard InChI is InChI=1S/C54H35N5/c1-54(2)45-25-12-9-22-39(45)40-29-28-37(33-46(40)54)52-55-51(35-18-7-4-8-19-35)56-53(57-52)59-48-27-14-11-24-42(48)44-31-30-43-41-23-10-13-26-47(41)58(49(43)50(44)59)38-21-15-20-36(32-38)34-16-5-3-6-17-34/h3-10,12-23,25-33H,1-2H3. The zero-order chi connectivity index (χ0) is 39.2. The Morgan fingerprint density at radius 2 is 1.14 bits per heavy atom. The predicted octanol–water partition coefficient (Wildman–Crippen LogP) is 13.0. The Morgan fingerprint density at radius 1 is 0.458 bits per heavy atom. The van der Waals surface area contributed by atoms with Crippen molar-refractivity contribution in [1.82, 2.24) is 24.1 Å². The molecular weight excluding hydrogens is 719 g/mol. The topological polar surface area (TPSA) is 48.5 Å². The number of fused-ring (bicyclic) bond motifs is 10. The van der Waals surface area contributed by atoms with Crippen LogP contribution in [-0.4, -0.2) is 24.1 Å². The molecule has 0 amide bonds. The van der Waals surface area contributed by atoms with E-state index >= 15 is 0 Å². The van der Waals surface area contributed by atoms with Gasteiger partial charge in [-0.05, 0) is 69.8 Å². The van der Waals surface area contributed by atoms with Crippen LogP contribution in [0.4, 0.5) is 0 Å². The third kappa shape index (κ3) is 4.97. The molecule has 11 aromatic rings. The van der Waals surface area contributed by atoms with Gasteiger partial charge in [0.2, 0.25) is 5.95 Å². The summed E-state index contributed by atoms with van der Waals surface area (Å²) in [7, 11) is 0. The lowest BCUT2D eigenvalue weighted by Crippen LogP contribution is -2.15. The van der Waals surface area contributed by atoms with Crippen molar-refractivity contribution in [1.29, 1.82) is 0 Å². The molecule has 5 heteroatoms. The number of hydrogen-bond acceptors (Lipinski definition) is 3. The Bertz CT molecular complexity index is 3470. The molecule has 1 aliphatic carbocycles. The maximum absolute atomic E-state index is 5.42. The molecule has 5 nitrogen and oxygen atoms in total. The van der Waals surface area contributed by atoms with Crippen LogP contribution in [0.3, 0.4) is 0 Å². The Balaban J connectivity index is 1.17. The van der Waals surface area contributed by atoms with E-state index in [1.165, 1.54) is 33.2 Å². The van der Waals surface area contributed by atoms with Crippen molar-refractivity contribution in [2.45, 2.75) is 19.3 Å². The summed E-state index contributed by atoms with van der Waals surface area (Å²) in [5, 5.41) is 4.32. The molecule has 0 saturated heterocycles. The molecule has 276 valence electrons. The van der Waals surface area contributed by atoms with Crippen LogP contribution >= 0.6 is 0 Å². The summed E-state index contributed by atoms with van der Waals surface area (Å²) in [6.07, 6.45) is 0. The van der Waals surface area contributed by atoms with Crippen LogP contribution in [0, 0.1) is 12.1 Å². The van der Waals surface area contributed by atoms with Crippen molar-refractivity contribution in [3.63, 3.8) is 0 Å². The third-order valence-corrected chi connectivity index (χ3v) is 12.2. The minimum atomic E-state index is -0.171. The fourth-order valence-corrected chi connectivity index (χ4v) is 9.45. The maximum atomic E-state index is 5.42. The minimum absolute atomic E-state index is 0.171. The van der Waals surface area contributed by atoms with Crippen molar-refractivity contribution in [3.05, 3.63) is 199 Å². The molecule has 0 N–H and O–H groups in total. The highest BCUT2D eigenvalue weighted by molar-refractivity contribution is 6.23. The van der Waals surface area contributed by atoms with Gasteiger partial charge < -0.3 is 4.57 Å². The van der Waals surface area contributed by atoms with Gasteiger partial charge in [-0.15, -0.1) is 0 Å². The maximum Gasteiger partial charge on any atom is 0.238 e. The SMILES string of the molecule is CC1(C)c2ccccc2-c2ccc(-c3nc(-c4ccccc4)nc(-n4c5ccc#cc5c5ccc6c7ccccc7n(-c7cccc(-c8ccccc8)c7)c6c54)n3)cc21. The summed E-state index contributed by atoms with van der Waals surface area (Å²) in [4.78, 5) is 16.0. The zero-order valence-corrected chi connectivity index (χ0v) is 32.5. The molecule has 0 atom stereocenters. The lowest BCUT2D eigenvalue weighted by molar-refractivity contribution is 0.660. The van der Waals surface area contributed by atoms with Crippen LogP contribution in [0.15, 0.2) is 176 Å². The highest BCUT2D eigenvalue weighted by atomic mass is 15.2. The van der Waals surface area contributed by atoms with E-state index in [0.29, 0.717) is 17.6 Å². The molecule has 59 heavy (non-hydrogen) atoms. The minimum Gasteiger partial charge on any atom is -0.307 e. The van der Waals surface area contributed by atoms with Gasteiger partial charge in [-0.1, -0.05) is 166 Å². The van der Waals surface area contributed by atoms with Gasteiger partial charge in [-0.3, -0.25) is 4.57 Å². The van der Waals surface area contributed by atoms with Gasteiger partial charge in [0.25, 0.3) is 0 Å².